The molecule has 0 spiro atoms. The van der Waals surface area contributed by atoms with Crippen LogP contribution in [-0.2, 0) is 14.3 Å². The van der Waals surface area contributed by atoms with Crippen LogP contribution >= 0.6 is 0 Å². The Morgan fingerprint density at radius 3 is 2.73 bits per heavy atom. The Labute approximate surface area is 178 Å². The highest BCUT2D eigenvalue weighted by Crippen LogP contribution is 2.68. The first-order chi connectivity index (χ1) is 13.9. The molecular weight excluding hydrogens is 384 g/mol. The molecule has 3 N–H and O–H groups in total. The molecule has 3 fully saturated rings. The average Bonchev–Trinajstić information content (AvgIpc) is 2.93. The monoisotopic (exact) mass is 418 g/mol. The molecular formula is C24H34O6. The summed E-state index contributed by atoms with van der Waals surface area (Å²) in [6.45, 7) is 7.27. The first kappa shape index (κ1) is 21.7. The van der Waals surface area contributed by atoms with E-state index in [0.717, 1.165) is 18.4 Å². The minimum absolute atomic E-state index is 0.00625. The van der Waals surface area contributed by atoms with Crippen LogP contribution in [0.5, 0.6) is 0 Å². The van der Waals surface area contributed by atoms with Crippen LogP contribution in [-0.4, -0.2) is 51.5 Å². The Morgan fingerprint density at radius 2 is 2.07 bits per heavy atom. The summed E-state index contributed by atoms with van der Waals surface area (Å²) in [5.74, 6) is -0.00652. The number of hydrogen-bond donors (Lipinski definition) is 3. The van der Waals surface area contributed by atoms with Crippen molar-refractivity contribution in [1.82, 2.24) is 0 Å². The molecule has 0 radical (unpaired) electrons. The highest BCUT2D eigenvalue weighted by atomic mass is 16.5. The van der Waals surface area contributed by atoms with Crippen molar-refractivity contribution >= 4 is 11.8 Å². The fourth-order valence-electron chi connectivity index (χ4n) is 7.67. The molecule has 0 bridgehead atoms. The van der Waals surface area contributed by atoms with E-state index in [-0.39, 0.29) is 41.5 Å². The predicted molar refractivity (Wildman–Crippen MR) is 110 cm³/mol. The van der Waals surface area contributed by atoms with Gasteiger partial charge in [-0.15, -0.1) is 0 Å². The lowest BCUT2D eigenvalue weighted by molar-refractivity contribution is -0.209. The third-order valence-corrected chi connectivity index (χ3v) is 9.03. The van der Waals surface area contributed by atoms with Crippen LogP contribution in [0.4, 0.5) is 0 Å². The number of ether oxygens (including phenoxy) is 1. The van der Waals surface area contributed by atoms with E-state index >= 15 is 0 Å². The van der Waals surface area contributed by atoms with E-state index in [2.05, 4.69) is 13.8 Å². The fraction of sp³-hybridized carbons (Fsp3) is 0.750. The van der Waals surface area contributed by atoms with Gasteiger partial charge in [0.15, 0.2) is 5.78 Å². The van der Waals surface area contributed by atoms with Gasteiger partial charge in [0, 0.05) is 23.7 Å². The van der Waals surface area contributed by atoms with Crippen molar-refractivity contribution in [3.63, 3.8) is 0 Å². The van der Waals surface area contributed by atoms with Crippen molar-refractivity contribution in [2.75, 3.05) is 6.61 Å². The van der Waals surface area contributed by atoms with Crippen LogP contribution in [0.2, 0.25) is 0 Å². The maximum Gasteiger partial charge on any atom is 0.302 e. The Balaban J connectivity index is 1.69. The number of ketones is 1. The van der Waals surface area contributed by atoms with Gasteiger partial charge in [0.25, 0.3) is 0 Å². The van der Waals surface area contributed by atoms with Crippen LogP contribution in [0.25, 0.3) is 0 Å². The van der Waals surface area contributed by atoms with Crippen LogP contribution in [0.1, 0.15) is 53.4 Å². The third-order valence-electron chi connectivity index (χ3n) is 9.03. The molecule has 0 aromatic rings. The fourth-order valence-corrected chi connectivity index (χ4v) is 7.67. The maximum atomic E-state index is 12.0. The Bertz CT molecular complexity index is 817. The topological polar surface area (TPSA) is 104 Å². The lowest BCUT2D eigenvalue weighted by Crippen LogP contribution is -2.63. The molecule has 0 aliphatic heterocycles. The lowest BCUT2D eigenvalue weighted by Gasteiger charge is -2.61. The Morgan fingerprint density at radius 1 is 1.37 bits per heavy atom. The van der Waals surface area contributed by atoms with Crippen molar-refractivity contribution in [3.8, 4) is 0 Å². The van der Waals surface area contributed by atoms with Gasteiger partial charge in [0.2, 0.25) is 0 Å². The van der Waals surface area contributed by atoms with Crippen molar-refractivity contribution in [3.05, 3.63) is 23.8 Å². The van der Waals surface area contributed by atoms with E-state index in [9.17, 15) is 24.9 Å². The summed E-state index contributed by atoms with van der Waals surface area (Å²) in [6, 6.07) is 0. The smallest absolute Gasteiger partial charge is 0.302 e. The summed E-state index contributed by atoms with van der Waals surface area (Å²) in [6.07, 6.45) is 5.85. The third kappa shape index (κ3) is 2.87. The number of carbonyl (C=O) groups excluding carboxylic acids is 2. The molecule has 0 aromatic heterocycles. The quantitative estimate of drug-likeness (QED) is 0.607. The summed E-state index contributed by atoms with van der Waals surface area (Å²) < 4.78 is 4.99. The van der Waals surface area contributed by atoms with Gasteiger partial charge in [0.05, 0.1) is 11.7 Å². The molecule has 0 heterocycles. The standard InChI is InChI=1S/C24H34O6/c1-13-9-16-17-6-8-24(29,20(28)12-30-14(2)25)23(17,4)11-19(27)21(16)22(3)7-5-15(26)10-18(13)22/h5,7,10,13,16-17,19-21,27-29H,6,8-9,11-12H2,1-4H3/t13-,16-,17-,19-,20+,21+,22-,23-,24-/m0/s1. The number of aliphatic hydroxyl groups is 3. The molecule has 0 amide bonds. The summed E-state index contributed by atoms with van der Waals surface area (Å²) in [5.41, 5.74) is -1.38. The molecule has 166 valence electrons. The van der Waals surface area contributed by atoms with Crippen LogP contribution in [0.15, 0.2) is 23.8 Å². The second-order valence-electron chi connectivity index (χ2n) is 10.5. The molecule has 4 aliphatic carbocycles. The maximum absolute atomic E-state index is 12.0. The van der Waals surface area contributed by atoms with Crippen molar-refractivity contribution in [2.24, 2.45) is 34.5 Å². The number of fused-ring (bicyclic) bond motifs is 5. The first-order valence-corrected chi connectivity index (χ1v) is 11.1. The van der Waals surface area contributed by atoms with Gasteiger partial charge in [-0.05, 0) is 55.6 Å². The second kappa shape index (κ2) is 7.01. The summed E-state index contributed by atoms with van der Waals surface area (Å²) in [4.78, 5) is 23.2. The molecule has 3 saturated carbocycles. The van der Waals surface area contributed by atoms with E-state index in [1.165, 1.54) is 6.92 Å². The highest BCUT2D eigenvalue weighted by Gasteiger charge is 2.68. The zero-order valence-electron chi connectivity index (χ0n) is 18.3. The Kier molecular flexibility index (Phi) is 5.07. The van der Waals surface area contributed by atoms with Gasteiger partial charge in [0.1, 0.15) is 12.7 Å². The van der Waals surface area contributed by atoms with Gasteiger partial charge >= 0.3 is 5.97 Å². The van der Waals surface area contributed by atoms with Gasteiger partial charge in [-0.25, -0.2) is 0 Å². The molecule has 4 rings (SSSR count). The van der Waals surface area contributed by atoms with E-state index in [1.807, 2.05) is 13.0 Å². The average molecular weight is 419 g/mol. The van der Waals surface area contributed by atoms with Gasteiger partial charge < -0.3 is 20.1 Å². The predicted octanol–water partition coefficient (Wildman–Crippen LogP) is 2.17. The van der Waals surface area contributed by atoms with E-state index in [0.29, 0.717) is 12.8 Å². The zero-order chi connectivity index (χ0) is 22.1. The number of esters is 1. The molecule has 6 nitrogen and oxygen atoms in total. The SMILES string of the molecule is CC(=O)OC[C@@H](O)[C@@]1(O)CC[C@H]2[C@@H]3C[C@H](C)C4=CC(=O)C=C[C@]4(C)[C@H]3[C@@H](O)C[C@@]21C. The number of aliphatic hydroxyl groups excluding tert-OH is 2. The Hall–Kier alpha value is -1.50. The largest absolute Gasteiger partial charge is 0.463 e. The minimum atomic E-state index is -1.42. The zero-order valence-corrected chi connectivity index (χ0v) is 18.3. The van der Waals surface area contributed by atoms with Crippen molar-refractivity contribution in [2.45, 2.75) is 71.2 Å². The summed E-state index contributed by atoms with van der Waals surface area (Å²) in [5, 5.41) is 33.8. The van der Waals surface area contributed by atoms with E-state index in [4.69, 9.17) is 4.74 Å². The molecule has 0 aromatic carbocycles. The molecule has 9 atom stereocenters. The number of rotatable bonds is 3. The first-order valence-electron chi connectivity index (χ1n) is 11.1. The van der Waals surface area contributed by atoms with Gasteiger partial charge in [-0.2, -0.15) is 0 Å². The molecule has 4 aliphatic rings. The second-order valence-corrected chi connectivity index (χ2v) is 10.5. The summed E-state index contributed by atoms with van der Waals surface area (Å²) in [7, 11) is 0. The van der Waals surface area contributed by atoms with Crippen LogP contribution in [0, 0.1) is 34.5 Å². The highest BCUT2D eigenvalue weighted by molar-refractivity contribution is 6.01. The molecule has 30 heavy (non-hydrogen) atoms. The van der Waals surface area contributed by atoms with Crippen LogP contribution in [0.3, 0.4) is 0 Å². The normalized spacial score (nSPS) is 48.3. The number of allylic oxidation sites excluding steroid dienone is 4. The number of hydrogen-bond acceptors (Lipinski definition) is 6. The summed E-state index contributed by atoms with van der Waals surface area (Å²) >= 11 is 0. The van der Waals surface area contributed by atoms with Gasteiger partial charge in [-0.1, -0.05) is 32.4 Å². The number of carbonyl (C=O) groups is 2. The van der Waals surface area contributed by atoms with Crippen LogP contribution < -0.4 is 0 Å². The minimum Gasteiger partial charge on any atom is -0.463 e. The van der Waals surface area contributed by atoms with E-state index in [1.54, 1.807) is 12.2 Å². The molecule has 0 saturated heterocycles. The molecule has 6 heteroatoms. The van der Waals surface area contributed by atoms with Crippen molar-refractivity contribution < 1.29 is 29.6 Å². The molecule has 0 unspecified atom stereocenters. The van der Waals surface area contributed by atoms with Crippen molar-refractivity contribution in [1.29, 1.82) is 0 Å². The van der Waals surface area contributed by atoms with Gasteiger partial charge in [-0.3, -0.25) is 9.59 Å². The van der Waals surface area contributed by atoms with E-state index < -0.39 is 29.2 Å². The lowest BCUT2D eigenvalue weighted by atomic mass is 9.44.